The van der Waals surface area contributed by atoms with Gasteiger partial charge in [-0.05, 0) is 21.9 Å². The Bertz CT molecular complexity index is 635. The van der Waals surface area contributed by atoms with E-state index >= 15 is 0 Å². The van der Waals surface area contributed by atoms with Crippen LogP contribution in [0.1, 0.15) is 23.0 Å². The van der Waals surface area contributed by atoms with Crippen molar-refractivity contribution in [3.05, 3.63) is 47.5 Å². The third-order valence-corrected chi connectivity index (χ3v) is 3.78. The van der Waals surface area contributed by atoms with Crippen LogP contribution in [0.5, 0.6) is 0 Å². The van der Waals surface area contributed by atoms with Crippen molar-refractivity contribution < 1.29 is 9.59 Å². The summed E-state index contributed by atoms with van der Waals surface area (Å²) in [5, 5.41) is 4.62. The molecule has 1 heterocycles. The van der Waals surface area contributed by atoms with Crippen LogP contribution in [-0.2, 0) is 9.59 Å². The van der Waals surface area contributed by atoms with Crippen LogP contribution in [0, 0.1) is 0 Å². The van der Waals surface area contributed by atoms with Gasteiger partial charge in [-0.3, -0.25) is 14.9 Å². The van der Waals surface area contributed by atoms with E-state index in [1.54, 1.807) is 0 Å². The van der Waals surface area contributed by atoms with Gasteiger partial charge < -0.3 is 0 Å². The minimum absolute atomic E-state index is 0.163. The summed E-state index contributed by atoms with van der Waals surface area (Å²) in [5.41, 5.74) is 1.98. The molecule has 1 N–H and O–H groups in total. The summed E-state index contributed by atoms with van der Waals surface area (Å²) in [5.74, 6) is -0.959. The number of hydrogen-bond donors (Lipinski definition) is 1. The lowest BCUT2D eigenvalue weighted by Crippen LogP contribution is -2.22. The lowest BCUT2D eigenvalue weighted by Gasteiger charge is -2.04. The molecule has 4 rings (SSSR count). The fraction of sp³-hybridized carbons (Fsp3) is 0.143. The normalized spacial score (nSPS) is 25.2. The molecule has 0 bridgehead atoms. The highest BCUT2D eigenvalue weighted by atomic mass is 16.2. The summed E-state index contributed by atoms with van der Waals surface area (Å²) < 4.78 is 0. The van der Waals surface area contributed by atoms with Gasteiger partial charge in [-0.15, -0.1) is 0 Å². The van der Waals surface area contributed by atoms with E-state index in [1.165, 1.54) is 0 Å². The average Bonchev–Trinajstić information content (AvgIpc) is 2.81. The van der Waals surface area contributed by atoms with Gasteiger partial charge in [-0.1, -0.05) is 36.4 Å². The van der Waals surface area contributed by atoms with Gasteiger partial charge in [0.25, 0.3) is 0 Å². The highest BCUT2D eigenvalue weighted by Gasteiger charge is 2.48. The number of rotatable bonds is 0. The van der Waals surface area contributed by atoms with Crippen LogP contribution in [0.15, 0.2) is 36.4 Å². The molecule has 2 atom stereocenters. The zero-order chi connectivity index (χ0) is 11.6. The second-order valence-electron chi connectivity index (χ2n) is 4.60. The Hall–Kier alpha value is -2.16. The fourth-order valence-electron chi connectivity index (χ4n) is 3.14. The van der Waals surface area contributed by atoms with E-state index in [4.69, 9.17) is 0 Å². The standard InChI is InChI=1S/C14H9NO2/c16-13-11-8-5-1-3-7-4-2-6-9(10(7)8)12(11)14(17)15-13/h1-6,11-12H,(H,15,16,17). The average molecular weight is 223 g/mol. The molecule has 17 heavy (non-hydrogen) atoms. The van der Waals surface area contributed by atoms with Crippen LogP contribution in [0.4, 0.5) is 0 Å². The van der Waals surface area contributed by atoms with Crippen molar-refractivity contribution in [2.24, 2.45) is 0 Å². The Kier molecular flexibility index (Phi) is 1.44. The Morgan fingerprint density at radius 3 is 1.88 bits per heavy atom. The Morgan fingerprint density at radius 2 is 1.35 bits per heavy atom. The van der Waals surface area contributed by atoms with E-state index in [9.17, 15) is 9.59 Å². The second kappa shape index (κ2) is 2.74. The van der Waals surface area contributed by atoms with Crippen molar-refractivity contribution in [1.29, 1.82) is 0 Å². The molecule has 1 aliphatic carbocycles. The van der Waals surface area contributed by atoms with E-state index < -0.39 is 0 Å². The van der Waals surface area contributed by atoms with Gasteiger partial charge in [-0.2, -0.15) is 0 Å². The summed E-state index contributed by atoms with van der Waals surface area (Å²) in [4.78, 5) is 23.7. The number of imide groups is 1. The van der Waals surface area contributed by atoms with Gasteiger partial charge in [-0.25, -0.2) is 0 Å². The molecule has 0 spiro atoms. The van der Waals surface area contributed by atoms with E-state index in [0.717, 1.165) is 21.9 Å². The summed E-state index contributed by atoms with van der Waals surface area (Å²) in [6, 6.07) is 11.8. The summed E-state index contributed by atoms with van der Waals surface area (Å²) in [7, 11) is 0. The van der Waals surface area contributed by atoms with Crippen molar-refractivity contribution in [2.75, 3.05) is 0 Å². The van der Waals surface area contributed by atoms with Crippen LogP contribution in [0.2, 0.25) is 0 Å². The van der Waals surface area contributed by atoms with E-state index in [2.05, 4.69) is 5.32 Å². The molecule has 2 aliphatic rings. The van der Waals surface area contributed by atoms with Crippen LogP contribution < -0.4 is 5.32 Å². The molecule has 3 heteroatoms. The minimum Gasteiger partial charge on any atom is -0.295 e. The Labute approximate surface area is 97.4 Å². The summed E-state index contributed by atoms with van der Waals surface area (Å²) in [6.07, 6.45) is 0. The van der Waals surface area contributed by atoms with Crippen LogP contribution >= 0.6 is 0 Å². The molecule has 2 unspecified atom stereocenters. The highest BCUT2D eigenvalue weighted by Crippen LogP contribution is 2.49. The zero-order valence-corrected chi connectivity index (χ0v) is 8.94. The molecule has 1 fully saturated rings. The smallest absolute Gasteiger partial charge is 0.235 e. The summed E-state index contributed by atoms with van der Waals surface area (Å²) >= 11 is 0. The maximum absolute atomic E-state index is 11.8. The highest BCUT2D eigenvalue weighted by molar-refractivity contribution is 6.16. The van der Waals surface area contributed by atoms with Crippen LogP contribution in [0.25, 0.3) is 10.8 Å². The van der Waals surface area contributed by atoms with Crippen molar-refractivity contribution >= 4 is 22.6 Å². The molecule has 0 aromatic heterocycles. The molecule has 82 valence electrons. The van der Waals surface area contributed by atoms with Crippen LogP contribution in [0.3, 0.4) is 0 Å². The monoisotopic (exact) mass is 223 g/mol. The largest absolute Gasteiger partial charge is 0.295 e. The first kappa shape index (κ1) is 8.93. The van der Waals surface area contributed by atoms with Gasteiger partial charge in [0.2, 0.25) is 11.8 Å². The molecule has 0 saturated carbocycles. The van der Waals surface area contributed by atoms with Crippen molar-refractivity contribution in [3.8, 4) is 0 Å². The van der Waals surface area contributed by atoms with Crippen LogP contribution in [-0.4, -0.2) is 11.8 Å². The lowest BCUT2D eigenvalue weighted by molar-refractivity contribution is -0.125. The SMILES string of the molecule is O=C1NC(=O)C2c3cccc4cccc(c34)C12. The number of carbonyl (C=O) groups excluding carboxylic acids is 2. The lowest BCUT2D eigenvalue weighted by atomic mass is 9.92. The van der Waals surface area contributed by atoms with Gasteiger partial charge in [0.05, 0.1) is 11.8 Å². The molecule has 2 amide bonds. The molecule has 1 aliphatic heterocycles. The molecular formula is C14H9NO2. The third kappa shape index (κ3) is 0.923. The fourth-order valence-corrected chi connectivity index (χ4v) is 3.14. The minimum atomic E-state index is -0.316. The molecule has 2 aromatic rings. The Morgan fingerprint density at radius 1 is 0.824 bits per heavy atom. The van der Waals surface area contributed by atoms with E-state index in [1.807, 2.05) is 36.4 Å². The molecule has 2 aromatic carbocycles. The molecule has 1 saturated heterocycles. The first-order valence-electron chi connectivity index (χ1n) is 5.63. The van der Waals surface area contributed by atoms with Gasteiger partial charge >= 0.3 is 0 Å². The third-order valence-electron chi connectivity index (χ3n) is 3.78. The number of hydrogen-bond acceptors (Lipinski definition) is 2. The predicted molar refractivity (Wildman–Crippen MR) is 62.6 cm³/mol. The van der Waals surface area contributed by atoms with Gasteiger partial charge in [0, 0.05) is 0 Å². The van der Waals surface area contributed by atoms with E-state index in [-0.39, 0.29) is 23.7 Å². The maximum atomic E-state index is 11.8. The topological polar surface area (TPSA) is 46.2 Å². The number of carbonyl (C=O) groups is 2. The maximum Gasteiger partial charge on any atom is 0.235 e. The number of nitrogens with one attached hydrogen (secondary N) is 1. The second-order valence-corrected chi connectivity index (χ2v) is 4.60. The van der Waals surface area contributed by atoms with Gasteiger partial charge in [0.15, 0.2) is 0 Å². The first-order chi connectivity index (χ1) is 8.27. The van der Waals surface area contributed by atoms with Crippen molar-refractivity contribution in [1.82, 2.24) is 5.32 Å². The molecule has 3 nitrogen and oxygen atoms in total. The predicted octanol–water partition coefficient (Wildman–Crippen LogP) is 1.68. The van der Waals surface area contributed by atoms with Crippen molar-refractivity contribution in [2.45, 2.75) is 11.8 Å². The number of fused-ring (bicyclic) bond motifs is 3. The quantitative estimate of drug-likeness (QED) is 0.690. The van der Waals surface area contributed by atoms with Gasteiger partial charge in [0.1, 0.15) is 0 Å². The number of amides is 2. The molecular weight excluding hydrogens is 214 g/mol. The summed E-state index contributed by atoms with van der Waals surface area (Å²) in [6.45, 7) is 0. The van der Waals surface area contributed by atoms with Crippen molar-refractivity contribution in [3.63, 3.8) is 0 Å². The van der Waals surface area contributed by atoms with E-state index in [0.29, 0.717) is 0 Å². The zero-order valence-electron chi connectivity index (χ0n) is 8.94. The Balaban J connectivity index is 2.15. The number of benzene rings is 2. The molecule has 0 radical (unpaired) electrons. The first-order valence-corrected chi connectivity index (χ1v) is 5.63.